The van der Waals surface area contributed by atoms with Gasteiger partial charge in [0, 0.05) is 19.4 Å². The predicted octanol–water partition coefficient (Wildman–Crippen LogP) is 7.46. The van der Waals surface area contributed by atoms with Crippen molar-refractivity contribution < 1.29 is 4.74 Å². The van der Waals surface area contributed by atoms with Crippen LogP contribution in [-0.4, -0.2) is 19.0 Å². The Hall–Kier alpha value is -0.530. The molecule has 1 heterocycles. The summed E-state index contributed by atoms with van der Waals surface area (Å²) in [5.74, 6) is 1.02. The molecule has 0 aromatic carbocycles. The Balaban J connectivity index is 1.68. The lowest BCUT2D eigenvalue weighted by atomic mass is 10.0. The van der Waals surface area contributed by atoms with E-state index in [-0.39, 0.29) is 0 Å². The van der Waals surface area contributed by atoms with Crippen LogP contribution in [0.3, 0.4) is 0 Å². The first-order valence-electron chi connectivity index (χ1n) is 11.1. The number of unbranched alkanes of at least 4 members (excludes halogenated alkanes) is 15. The molecule has 142 valence electrons. The van der Waals surface area contributed by atoms with Gasteiger partial charge in [-0.1, -0.05) is 103 Å². The van der Waals surface area contributed by atoms with Gasteiger partial charge in [-0.05, 0) is 6.42 Å². The maximum absolute atomic E-state index is 5.55. The Bertz CT molecular complexity index is 288. The summed E-state index contributed by atoms with van der Waals surface area (Å²) >= 11 is 0. The van der Waals surface area contributed by atoms with Crippen LogP contribution in [0.5, 0.6) is 0 Å². The van der Waals surface area contributed by atoms with Gasteiger partial charge in [-0.25, -0.2) is 0 Å². The van der Waals surface area contributed by atoms with Crippen LogP contribution in [0, 0.1) is 0 Å². The predicted molar refractivity (Wildman–Crippen MR) is 107 cm³/mol. The normalized spacial score (nSPS) is 14.5. The van der Waals surface area contributed by atoms with Gasteiger partial charge in [0.1, 0.15) is 0 Å². The Morgan fingerprint density at radius 2 is 1.12 bits per heavy atom. The number of ether oxygens (including phenoxy) is 1. The lowest BCUT2D eigenvalue weighted by Gasteiger charge is -2.13. The summed E-state index contributed by atoms with van der Waals surface area (Å²) in [6.45, 7) is 4.16. The van der Waals surface area contributed by atoms with Crippen molar-refractivity contribution in [2.24, 2.45) is 4.99 Å². The molecule has 0 N–H and O–H groups in total. The molecule has 0 saturated carbocycles. The second-order valence-electron chi connectivity index (χ2n) is 7.53. The summed E-state index contributed by atoms with van der Waals surface area (Å²) < 4.78 is 5.55. The largest absolute Gasteiger partial charge is 0.481 e. The van der Waals surface area contributed by atoms with Crippen LogP contribution in [0.1, 0.15) is 122 Å². The minimum absolute atomic E-state index is 0.887. The average molecular weight is 338 g/mol. The molecule has 24 heavy (non-hydrogen) atoms. The van der Waals surface area contributed by atoms with Gasteiger partial charge in [0.2, 0.25) is 0 Å². The van der Waals surface area contributed by atoms with Gasteiger partial charge >= 0.3 is 0 Å². The topological polar surface area (TPSA) is 21.6 Å². The van der Waals surface area contributed by atoms with Gasteiger partial charge < -0.3 is 4.74 Å². The fraction of sp³-hybridized carbons (Fsp3) is 0.955. The molecule has 0 aromatic rings. The fourth-order valence-corrected chi connectivity index (χ4v) is 3.48. The molecule has 0 bridgehead atoms. The maximum Gasteiger partial charge on any atom is 0.183 e. The van der Waals surface area contributed by atoms with E-state index in [2.05, 4.69) is 11.9 Å². The Morgan fingerprint density at radius 1 is 0.667 bits per heavy atom. The molecule has 0 atom stereocenters. The minimum Gasteiger partial charge on any atom is -0.481 e. The van der Waals surface area contributed by atoms with E-state index in [1.807, 2.05) is 0 Å². The van der Waals surface area contributed by atoms with Crippen molar-refractivity contribution in [3.63, 3.8) is 0 Å². The minimum atomic E-state index is 0.887. The number of hydrogen-bond donors (Lipinski definition) is 0. The van der Waals surface area contributed by atoms with Gasteiger partial charge in [0.05, 0.1) is 6.61 Å². The molecule has 2 heteroatoms. The molecule has 0 aliphatic carbocycles. The molecule has 0 spiro atoms. The van der Waals surface area contributed by atoms with E-state index < -0.39 is 0 Å². The summed E-state index contributed by atoms with van der Waals surface area (Å²) in [4.78, 5) is 4.43. The highest BCUT2D eigenvalue weighted by molar-refractivity contribution is 5.76. The lowest BCUT2D eigenvalue weighted by molar-refractivity contribution is 0.272. The Morgan fingerprint density at radius 3 is 1.54 bits per heavy atom. The number of rotatable bonds is 17. The number of aliphatic imine (C=N–C) groups is 1. The third-order valence-corrected chi connectivity index (χ3v) is 5.10. The van der Waals surface area contributed by atoms with E-state index in [4.69, 9.17) is 4.74 Å². The molecule has 1 rings (SSSR count). The van der Waals surface area contributed by atoms with Gasteiger partial charge in [-0.2, -0.15) is 0 Å². The Kier molecular flexibility index (Phi) is 15.5. The van der Waals surface area contributed by atoms with E-state index in [0.29, 0.717) is 0 Å². The van der Waals surface area contributed by atoms with Crippen LogP contribution in [0.15, 0.2) is 4.99 Å². The maximum atomic E-state index is 5.55. The summed E-state index contributed by atoms with van der Waals surface area (Å²) in [6.07, 6.45) is 25.0. The van der Waals surface area contributed by atoms with Crippen molar-refractivity contribution in [1.29, 1.82) is 0 Å². The molecule has 0 unspecified atom stereocenters. The first-order chi connectivity index (χ1) is 11.9. The first kappa shape index (κ1) is 21.5. The Labute approximate surface area is 151 Å². The van der Waals surface area contributed by atoms with E-state index in [9.17, 15) is 0 Å². The second-order valence-corrected chi connectivity index (χ2v) is 7.53. The SMILES string of the molecule is CCCCCCCCCCCCCCCCCCC1=NCCCO1. The van der Waals surface area contributed by atoms with Crippen molar-refractivity contribution in [2.45, 2.75) is 122 Å². The summed E-state index contributed by atoms with van der Waals surface area (Å²) in [7, 11) is 0. The zero-order chi connectivity index (χ0) is 17.1. The van der Waals surface area contributed by atoms with Gasteiger partial charge in [-0.3, -0.25) is 4.99 Å². The monoisotopic (exact) mass is 337 g/mol. The van der Waals surface area contributed by atoms with Gasteiger partial charge in [0.15, 0.2) is 5.90 Å². The molecular weight excluding hydrogens is 294 g/mol. The average Bonchev–Trinajstić information content (AvgIpc) is 2.62. The molecule has 1 aliphatic heterocycles. The zero-order valence-corrected chi connectivity index (χ0v) is 16.5. The summed E-state index contributed by atoms with van der Waals surface area (Å²) in [5.41, 5.74) is 0. The molecule has 1 aliphatic rings. The fourth-order valence-electron chi connectivity index (χ4n) is 3.48. The number of hydrogen-bond acceptors (Lipinski definition) is 2. The molecule has 0 aromatic heterocycles. The van der Waals surface area contributed by atoms with Crippen molar-refractivity contribution in [1.82, 2.24) is 0 Å². The first-order valence-corrected chi connectivity index (χ1v) is 11.1. The van der Waals surface area contributed by atoms with Gasteiger partial charge in [0.25, 0.3) is 0 Å². The number of nitrogens with zero attached hydrogens (tertiary/aromatic N) is 1. The van der Waals surface area contributed by atoms with Crippen LogP contribution >= 0.6 is 0 Å². The van der Waals surface area contributed by atoms with E-state index in [0.717, 1.165) is 31.9 Å². The van der Waals surface area contributed by atoms with Crippen molar-refractivity contribution in [3.05, 3.63) is 0 Å². The smallest absolute Gasteiger partial charge is 0.183 e. The highest BCUT2D eigenvalue weighted by atomic mass is 16.5. The molecule has 0 radical (unpaired) electrons. The van der Waals surface area contributed by atoms with Crippen LogP contribution in [0.25, 0.3) is 0 Å². The molecule has 2 nitrogen and oxygen atoms in total. The lowest BCUT2D eigenvalue weighted by Crippen LogP contribution is -2.13. The molecule has 0 amide bonds. The summed E-state index contributed by atoms with van der Waals surface area (Å²) in [6, 6.07) is 0. The van der Waals surface area contributed by atoms with E-state index in [1.165, 1.54) is 103 Å². The molecule has 0 saturated heterocycles. The quantitative estimate of drug-likeness (QED) is 0.252. The van der Waals surface area contributed by atoms with E-state index in [1.54, 1.807) is 0 Å². The van der Waals surface area contributed by atoms with Crippen molar-refractivity contribution in [3.8, 4) is 0 Å². The molecule has 0 fully saturated rings. The molecular formula is C22H43NO. The van der Waals surface area contributed by atoms with Crippen LogP contribution in [0.2, 0.25) is 0 Å². The third kappa shape index (κ3) is 13.9. The van der Waals surface area contributed by atoms with Crippen molar-refractivity contribution >= 4 is 5.90 Å². The van der Waals surface area contributed by atoms with Gasteiger partial charge in [-0.15, -0.1) is 0 Å². The zero-order valence-electron chi connectivity index (χ0n) is 16.5. The highest BCUT2D eigenvalue weighted by Gasteiger charge is 2.04. The van der Waals surface area contributed by atoms with E-state index >= 15 is 0 Å². The van der Waals surface area contributed by atoms with Crippen LogP contribution < -0.4 is 0 Å². The van der Waals surface area contributed by atoms with Crippen LogP contribution in [-0.2, 0) is 4.74 Å². The summed E-state index contributed by atoms with van der Waals surface area (Å²) in [5, 5.41) is 0. The third-order valence-electron chi connectivity index (χ3n) is 5.10. The standard InChI is InChI=1S/C22H43NO/c1-2-3-4-5-6-7-8-9-10-11-12-13-14-15-16-17-19-22-23-20-18-21-24-22/h2-21H2,1H3. The van der Waals surface area contributed by atoms with Crippen molar-refractivity contribution in [2.75, 3.05) is 13.2 Å². The van der Waals surface area contributed by atoms with Crippen LogP contribution in [0.4, 0.5) is 0 Å². The second kappa shape index (κ2) is 17.3. The highest BCUT2D eigenvalue weighted by Crippen LogP contribution is 2.14.